The third-order valence-corrected chi connectivity index (χ3v) is 5.11. The van der Waals surface area contributed by atoms with Crippen LogP contribution in [0, 0.1) is 0 Å². The summed E-state index contributed by atoms with van der Waals surface area (Å²) in [5, 5.41) is 7.53. The summed E-state index contributed by atoms with van der Waals surface area (Å²) < 4.78 is 23.8. The Morgan fingerprint density at radius 2 is 2.03 bits per heavy atom. The molecule has 0 fully saturated rings. The molecule has 1 N–H and O–H groups in total. The van der Waals surface area contributed by atoms with Crippen molar-refractivity contribution in [2.24, 2.45) is 0 Å². The first-order chi connectivity index (χ1) is 15.1. The largest absolute Gasteiger partial charge is 0.493 e. The van der Waals surface area contributed by atoms with E-state index in [1.54, 1.807) is 43.3 Å². The van der Waals surface area contributed by atoms with E-state index >= 15 is 0 Å². The Balaban J connectivity index is 1.56. The first-order valence-corrected chi connectivity index (χ1v) is 10.1. The van der Waals surface area contributed by atoms with Crippen molar-refractivity contribution in [2.45, 2.75) is 13.0 Å². The van der Waals surface area contributed by atoms with Crippen molar-refractivity contribution >= 4 is 23.3 Å². The maximum Gasteiger partial charge on any atom is 0.257 e. The summed E-state index contributed by atoms with van der Waals surface area (Å²) >= 11 is 6.32. The Kier molecular flexibility index (Phi) is 6.18. The van der Waals surface area contributed by atoms with E-state index in [0.717, 1.165) is 12.0 Å². The van der Waals surface area contributed by atoms with Gasteiger partial charge in [0, 0.05) is 23.6 Å². The lowest BCUT2D eigenvalue weighted by molar-refractivity contribution is 0.102. The van der Waals surface area contributed by atoms with Crippen molar-refractivity contribution in [2.75, 3.05) is 32.8 Å². The zero-order valence-electron chi connectivity index (χ0n) is 17.2. The molecule has 1 aliphatic heterocycles. The van der Waals surface area contributed by atoms with Crippen molar-refractivity contribution in [3.63, 3.8) is 0 Å². The number of fused-ring (bicyclic) bond motifs is 1. The average molecular weight is 444 g/mol. The molecular formula is C22H22ClN3O5. The predicted octanol–water partition coefficient (Wildman–Crippen LogP) is 4.02. The highest BCUT2D eigenvalue weighted by Crippen LogP contribution is 2.38. The molecule has 0 saturated heterocycles. The summed E-state index contributed by atoms with van der Waals surface area (Å²) in [6, 6.07) is 10.5. The Hall–Kier alpha value is -3.39. The van der Waals surface area contributed by atoms with Crippen molar-refractivity contribution in [3.8, 4) is 23.0 Å². The van der Waals surface area contributed by atoms with Crippen LogP contribution in [0.2, 0.25) is 5.02 Å². The molecule has 0 spiro atoms. The number of carbonyl (C=O) groups excluding carboxylic acids is 1. The number of hydrogen-bond donors (Lipinski definition) is 1. The molecule has 2 aromatic carbocycles. The van der Waals surface area contributed by atoms with Gasteiger partial charge in [-0.25, -0.2) is 4.68 Å². The van der Waals surface area contributed by atoms with Gasteiger partial charge in [-0.2, -0.15) is 5.10 Å². The zero-order chi connectivity index (χ0) is 21.8. The molecule has 2 heterocycles. The molecule has 1 aliphatic rings. The zero-order valence-corrected chi connectivity index (χ0v) is 17.9. The van der Waals surface area contributed by atoms with E-state index in [1.807, 2.05) is 18.2 Å². The van der Waals surface area contributed by atoms with Crippen molar-refractivity contribution < 1.29 is 23.7 Å². The highest BCUT2D eigenvalue weighted by molar-refractivity contribution is 6.32. The fourth-order valence-corrected chi connectivity index (χ4v) is 3.62. The van der Waals surface area contributed by atoms with Gasteiger partial charge in [-0.1, -0.05) is 23.7 Å². The number of hydrogen-bond acceptors (Lipinski definition) is 6. The second kappa shape index (κ2) is 9.18. The quantitative estimate of drug-likeness (QED) is 0.619. The van der Waals surface area contributed by atoms with Crippen LogP contribution >= 0.6 is 11.6 Å². The number of para-hydroxylation sites is 1. The van der Waals surface area contributed by atoms with Crippen molar-refractivity contribution in [1.82, 2.24) is 9.78 Å². The van der Waals surface area contributed by atoms with E-state index in [1.165, 1.54) is 0 Å². The molecule has 0 aliphatic carbocycles. The molecule has 1 aromatic heterocycles. The number of nitrogens with zero attached hydrogens (tertiary/aromatic N) is 2. The Labute approximate surface area is 184 Å². The van der Waals surface area contributed by atoms with Crippen LogP contribution < -0.4 is 24.3 Å². The number of halogens is 1. The van der Waals surface area contributed by atoms with Gasteiger partial charge in [0.05, 0.1) is 45.2 Å². The number of rotatable bonds is 6. The molecule has 162 valence electrons. The Morgan fingerprint density at radius 3 is 2.84 bits per heavy atom. The van der Waals surface area contributed by atoms with Gasteiger partial charge in [0.1, 0.15) is 5.82 Å². The number of anilines is 1. The molecular weight excluding hydrogens is 422 g/mol. The molecule has 4 rings (SSSR count). The third kappa shape index (κ3) is 4.39. The summed E-state index contributed by atoms with van der Waals surface area (Å²) in [6.07, 6.45) is 2.36. The van der Waals surface area contributed by atoms with Gasteiger partial charge in [-0.3, -0.25) is 4.79 Å². The molecule has 31 heavy (non-hydrogen) atoms. The number of benzene rings is 2. The first kappa shape index (κ1) is 20.9. The first-order valence-electron chi connectivity index (χ1n) is 9.73. The lowest BCUT2D eigenvalue weighted by atomic mass is 10.1. The summed E-state index contributed by atoms with van der Waals surface area (Å²) in [7, 11) is 3.17. The number of amides is 1. The molecule has 0 unspecified atom stereocenters. The van der Waals surface area contributed by atoms with E-state index in [9.17, 15) is 4.79 Å². The van der Waals surface area contributed by atoms with Crippen LogP contribution in [0.15, 0.2) is 42.6 Å². The number of nitrogens with one attached hydrogen (secondary N) is 1. The molecule has 0 atom stereocenters. The van der Waals surface area contributed by atoms with Crippen LogP contribution in [0.5, 0.6) is 23.0 Å². The number of ether oxygens (including phenoxy) is 4. The van der Waals surface area contributed by atoms with E-state index in [-0.39, 0.29) is 5.91 Å². The second-order valence-electron chi connectivity index (χ2n) is 6.82. The maximum absolute atomic E-state index is 12.9. The van der Waals surface area contributed by atoms with Crippen LogP contribution in [0.1, 0.15) is 22.3 Å². The predicted molar refractivity (Wildman–Crippen MR) is 116 cm³/mol. The molecule has 0 radical (unpaired) electrons. The van der Waals surface area contributed by atoms with Crippen LogP contribution in [-0.4, -0.2) is 43.1 Å². The molecule has 8 nitrogen and oxygen atoms in total. The standard InChI is InChI=1S/C22H22ClN3O5/c1-28-17-6-3-5-14(20(17)29-2)13-26-19(7-8-24-26)25-22(27)15-11-16(23)21-18(12-15)30-9-4-10-31-21/h3,5-8,11-12H,4,9-10,13H2,1-2H3,(H,25,27). The molecule has 0 saturated carbocycles. The molecule has 0 bridgehead atoms. The van der Waals surface area contributed by atoms with Gasteiger partial charge < -0.3 is 24.3 Å². The highest BCUT2D eigenvalue weighted by atomic mass is 35.5. The van der Waals surface area contributed by atoms with Gasteiger partial charge in [-0.15, -0.1) is 0 Å². The smallest absolute Gasteiger partial charge is 0.257 e. The van der Waals surface area contributed by atoms with Crippen LogP contribution in [0.4, 0.5) is 5.82 Å². The Bertz CT molecular complexity index is 1100. The summed E-state index contributed by atoms with van der Waals surface area (Å²) in [6.45, 7) is 1.40. The monoisotopic (exact) mass is 443 g/mol. The van der Waals surface area contributed by atoms with Crippen LogP contribution in [0.25, 0.3) is 0 Å². The number of carbonyl (C=O) groups is 1. The van der Waals surface area contributed by atoms with Crippen molar-refractivity contribution in [3.05, 3.63) is 58.7 Å². The molecule has 1 amide bonds. The minimum atomic E-state index is -0.336. The highest BCUT2D eigenvalue weighted by Gasteiger charge is 2.20. The minimum Gasteiger partial charge on any atom is -0.493 e. The second-order valence-corrected chi connectivity index (χ2v) is 7.22. The van der Waals surface area contributed by atoms with E-state index in [4.69, 9.17) is 30.5 Å². The van der Waals surface area contributed by atoms with E-state index < -0.39 is 0 Å². The van der Waals surface area contributed by atoms with Crippen LogP contribution in [0.3, 0.4) is 0 Å². The van der Waals surface area contributed by atoms with Gasteiger partial charge >= 0.3 is 0 Å². The summed E-state index contributed by atoms with van der Waals surface area (Å²) in [4.78, 5) is 12.9. The fraction of sp³-hybridized carbons (Fsp3) is 0.273. The van der Waals surface area contributed by atoms with Crippen LogP contribution in [-0.2, 0) is 6.54 Å². The SMILES string of the molecule is COc1cccc(Cn2nccc2NC(=O)c2cc(Cl)c3c(c2)OCCCO3)c1OC. The summed E-state index contributed by atoms with van der Waals surface area (Å²) in [5.74, 6) is 2.36. The van der Waals surface area contributed by atoms with E-state index in [0.29, 0.717) is 59.2 Å². The van der Waals surface area contributed by atoms with Crippen molar-refractivity contribution in [1.29, 1.82) is 0 Å². The van der Waals surface area contributed by atoms with Gasteiger partial charge in [0.25, 0.3) is 5.91 Å². The van der Waals surface area contributed by atoms with Gasteiger partial charge in [-0.05, 0) is 18.2 Å². The lowest BCUT2D eigenvalue weighted by Crippen LogP contribution is -2.16. The van der Waals surface area contributed by atoms with Gasteiger partial charge in [0.15, 0.2) is 23.0 Å². The Morgan fingerprint density at radius 1 is 1.19 bits per heavy atom. The average Bonchev–Trinajstić information content (AvgIpc) is 3.05. The van der Waals surface area contributed by atoms with Gasteiger partial charge in [0.2, 0.25) is 0 Å². The number of aromatic nitrogens is 2. The topological polar surface area (TPSA) is 83.8 Å². The normalized spacial score (nSPS) is 12.7. The van der Waals surface area contributed by atoms with E-state index in [2.05, 4.69) is 10.4 Å². The lowest BCUT2D eigenvalue weighted by Gasteiger charge is -2.15. The third-order valence-electron chi connectivity index (χ3n) is 4.83. The number of methoxy groups -OCH3 is 2. The maximum atomic E-state index is 12.9. The summed E-state index contributed by atoms with van der Waals surface area (Å²) in [5.41, 5.74) is 1.22. The minimum absolute atomic E-state index is 0.333. The molecule has 9 heteroatoms. The molecule has 3 aromatic rings. The fourth-order valence-electron chi connectivity index (χ4n) is 3.35.